The lowest BCUT2D eigenvalue weighted by molar-refractivity contribution is 0.163. The molecule has 0 atom stereocenters. The van der Waals surface area contributed by atoms with Crippen molar-refractivity contribution < 1.29 is 13.2 Å². The van der Waals surface area contributed by atoms with Crippen molar-refractivity contribution in [2.75, 3.05) is 11.9 Å². The van der Waals surface area contributed by atoms with E-state index in [1.165, 1.54) is 6.07 Å². The van der Waals surface area contributed by atoms with Crippen LogP contribution in [-0.4, -0.2) is 13.0 Å². The largest absolute Gasteiger partial charge is 0.379 e. The van der Waals surface area contributed by atoms with Crippen LogP contribution in [0, 0.1) is 5.82 Å². The van der Waals surface area contributed by atoms with Crippen molar-refractivity contribution in [2.24, 2.45) is 0 Å². The molecule has 72 valence electrons. The first kappa shape index (κ1) is 10.2. The summed E-state index contributed by atoms with van der Waals surface area (Å²) < 4.78 is 36.1. The van der Waals surface area contributed by atoms with Gasteiger partial charge in [0.05, 0.1) is 6.54 Å². The van der Waals surface area contributed by atoms with E-state index in [1.54, 1.807) is 0 Å². The summed E-state index contributed by atoms with van der Waals surface area (Å²) in [5.41, 5.74) is 0.255. The summed E-state index contributed by atoms with van der Waals surface area (Å²) in [6.45, 7) is -0.514. The molecular formula is C8H7ClF3N. The summed E-state index contributed by atoms with van der Waals surface area (Å²) in [7, 11) is 0. The van der Waals surface area contributed by atoms with Crippen LogP contribution in [0.5, 0.6) is 0 Å². The number of hydrogen-bond donors (Lipinski definition) is 1. The summed E-state index contributed by atoms with van der Waals surface area (Å²) >= 11 is 5.50. The number of anilines is 1. The third-order valence-corrected chi connectivity index (χ3v) is 1.54. The van der Waals surface area contributed by atoms with Crippen molar-refractivity contribution in [3.63, 3.8) is 0 Å². The summed E-state index contributed by atoms with van der Waals surface area (Å²) in [4.78, 5) is 0. The van der Waals surface area contributed by atoms with Gasteiger partial charge >= 0.3 is 0 Å². The SMILES string of the molecule is Fc1cc(Cl)cc(NCC(F)F)c1. The Kier molecular flexibility index (Phi) is 3.42. The maximum atomic E-state index is 12.6. The molecular weight excluding hydrogens is 203 g/mol. The van der Waals surface area contributed by atoms with E-state index in [0.717, 1.165) is 12.1 Å². The molecule has 1 N–H and O–H groups in total. The number of rotatable bonds is 3. The van der Waals surface area contributed by atoms with Crippen molar-refractivity contribution in [3.05, 3.63) is 29.0 Å². The molecule has 0 unspecified atom stereocenters. The van der Waals surface area contributed by atoms with Crippen LogP contribution in [-0.2, 0) is 0 Å². The average Bonchev–Trinajstić information content (AvgIpc) is 1.99. The second kappa shape index (κ2) is 4.37. The van der Waals surface area contributed by atoms with Gasteiger partial charge in [-0.1, -0.05) is 11.6 Å². The van der Waals surface area contributed by atoms with E-state index in [4.69, 9.17) is 11.6 Å². The molecule has 1 aromatic carbocycles. The van der Waals surface area contributed by atoms with Gasteiger partial charge in [0.25, 0.3) is 6.43 Å². The van der Waals surface area contributed by atoms with Gasteiger partial charge in [-0.3, -0.25) is 0 Å². The quantitative estimate of drug-likeness (QED) is 0.807. The highest BCUT2D eigenvalue weighted by molar-refractivity contribution is 6.30. The summed E-state index contributed by atoms with van der Waals surface area (Å²) in [6.07, 6.45) is -2.47. The average molecular weight is 210 g/mol. The van der Waals surface area contributed by atoms with Crippen LogP contribution in [0.4, 0.5) is 18.9 Å². The zero-order valence-electron chi connectivity index (χ0n) is 6.53. The van der Waals surface area contributed by atoms with E-state index in [0.29, 0.717) is 0 Å². The zero-order chi connectivity index (χ0) is 9.84. The van der Waals surface area contributed by atoms with Crippen LogP contribution in [0.15, 0.2) is 18.2 Å². The predicted octanol–water partition coefficient (Wildman–Crippen LogP) is 3.16. The van der Waals surface area contributed by atoms with Crippen LogP contribution >= 0.6 is 11.6 Å². The Morgan fingerprint density at radius 2 is 2.00 bits per heavy atom. The van der Waals surface area contributed by atoms with E-state index in [2.05, 4.69) is 5.32 Å². The van der Waals surface area contributed by atoms with Crippen molar-refractivity contribution in [1.29, 1.82) is 0 Å². The zero-order valence-corrected chi connectivity index (χ0v) is 7.28. The molecule has 0 spiro atoms. The fourth-order valence-electron chi connectivity index (χ4n) is 0.851. The smallest absolute Gasteiger partial charge is 0.255 e. The highest BCUT2D eigenvalue weighted by Gasteiger charge is 2.03. The van der Waals surface area contributed by atoms with Gasteiger partial charge in [0.2, 0.25) is 0 Å². The molecule has 0 aliphatic carbocycles. The Morgan fingerprint density at radius 1 is 1.31 bits per heavy atom. The molecule has 1 aromatic rings. The summed E-state index contributed by atoms with van der Waals surface area (Å²) in [5, 5.41) is 2.53. The Bertz CT molecular complexity index is 270. The molecule has 0 heterocycles. The first-order chi connectivity index (χ1) is 6.08. The van der Waals surface area contributed by atoms with E-state index in [9.17, 15) is 13.2 Å². The molecule has 0 amide bonds. The lowest BCUT2D eigenvalue weighted by Gasteiger charge is -2.05. The Morgan fingerprint density at radius 3 is 2.54 bits per heavy atom. The summed E-state index contributed by atoms with van der Waals surface area (Å²) in [5.74, 6) is -0.552. The van der Waals surface area contributed by atoms with Gasteiger partial charge in [-0.25, -0.2) is 13.2 Å². The first-order valence-corrected chi connectivity index (χ1v) is 3.94. The van der Waals surface area contributed by atoms with E-state index < -0.39 is 18.8 Å². The van der Waals surface area contributed by atoms with Crippen molar-refractivity contribution in [2.45, 2.75) is 6.43 Å². The normalized spacial score (nSPS) is 10.5. The fraction of sp³-hybridized carbons (Fsp3) is 0.250. The van der Waals surface area contributed by atoms with Gasteiger partial charge in [-0.2, -0.15) is 0 Å². The molecule has 13 heavy (non-hydrogen) atoms. The van der Waals surface area contributed by atoms with Crippen LogP contribution in [0.2, 0.25) is 5.02 Å². The maximum Gasteiger partial charge on any atom is 0.255 e. The third-order valence-electron chi connectivity index (χ3n) is 1.32. The van der Waals surface area contributed by atoms with Gasteiger partial charge in [-0.05, 0) is 18.2 Å². The minimum Gasteiger partial charge on any atom is -0.379 e. The molecule has 0 aliphatic rings. The van der Waals surface area contributed by atoms with Crippen molar-refractivity contribution in [1.82, 2.24) is 0 Å². The molecule has 0 radical (unpaired) electrons. The highest BCUT2D eigenvalue weighted by Crippen LogP contribution is 2.18. The van der Waals surface area contributed by atoms with Gasteiger partial charge in [0.1, 0.15) is 5.82 Å². The van der Waals surface area contributed by atoms with Crippen molar-refractivity contribution in [3.8, 4) is 0 Å². The Balaban J connectivity index is 2.66. The number of nitrogens with one attached hydrogen (secondary N) is 1. The van der Waals surface area contributed by atoms with Crippen LogP contribution in [0.3, 0.4) is 0 Å². The third kappa shape index (κ3) is 3.55. The minimum atomic E-state index is -2.47. The van der Waals surface area contributed by atoms with Crippen LogP contribution < -0.4 is 5.32 Å². The molecule has 0 bridgehead atoms. The van der Waals surface area contributed by atoms with Gasteiger partial charge in [0.15, 0.2) is 0 Å². The molecule has 0 aromatic heterocycles. The molecule has 1 rings (SSSR count). The lowest BCUT2D eigenvalue weighted by atomic mass is 10.3. The van der Waals surface area contributed by atoms with Gasteiger partial charge < -0.3 is 5.32 Å². The first-order valence-electron chi connectivity index (χ1n) is 3.56. The highest BCUT2D eigenvalue weighted by atomic mass is 35.5. The van der Waals surface area contributed by atoms with Crippen LogP contribution in [0.25, 0.3) is 0 Å². The number of hydrogen-bond acceptors (Lipinski definition) is 1. The van der Waals surface area contributed by atoms with E-state index >= 15 is 0 Å². The predicted molar refractivity (Wildman–Crippen MR) is 45.9 cm³/mol. The van der Waals surface area contributed by atoms with Gasteiger partial charge in [-0.15, -0.1) is 0 Å². The minimum absolute atomic E-state index is 0.178. The number of halogens is 4. The number of benzene rings is 1. The molecule has 5 heteroatoms. The monoisotopic (exact) mass is 209 g/mol. The maximum absolute atomic E-state index is 12.6. The van der Waals surface area contributed by atoms with Crippen LogP contribution in [0.1, 0.15) is 0 Å². The number of alkyl halides is 2. The Hall–Kier alpha value is -0.900. The topological polar surface area (TPSA) is 12.0 Å². The van der Waals surface area contributed by atoms with E-state index in [-0.39, 0.29) is 10.7 Å². The van der Waals surface area contributed by atoms with E-state index in [1.807, 2.05) is 0 Å². The molecule has 0 fully saturated rings. The standard InChI is InChI=1S/C8H7ClF3N/c9-5-1-6(10)3-7(2-5)13-4-8(11)12/h1-3,8,13H,4H2. The van der Waals surface area contributed by atoms with Gasteiger partial charge in [0, 0.05) is 10.7 Å². The molecule has 0 aliphatic heterocycles. The molecule has 1 nitrogen and oxygen atoms in total. The molecule has 0 saturated heterocycles. The van der Waals surface area contributed by atoms with Crippen molar-refractivity contribution >= 4 is 17.3 Å². The second-order valence-electron chi connectivity index (χ2n) is 2.43. The second-order valence-corrected chi connectivity index (χ2v) is 2.87. The fourth-order valence-corrected chi connectivity index (χ4v) is 1.07. The summed E-state index contributed by atoms with van der Waals surface area (Å²) in [6, 6.07) is 3.59. The molecule has 0 saturated carbocycles. The lowest BCUT2D eigenvalue weighted by Crippen LogP contribution is -2.10. The Labute approximate surface area is 78.5 Å².